The first-order valence-electron chi connectivity index (χ1n) is 30.9. The van der Waals surface area contributed by atoms with Crippen molar-refractivity contribution in [1.29, 1.82) is 0 Å². The molecule has 6 heteroatoms. The summed E-state index contributed by atoms with van der Waals surface area (Å²) >= 11 is 0. The molecule has 0 aliphatic heterocycles. The van der Waals surface area contributed by atoms with Gasteiger partial charge < -0.3 is 13.9 Å². The summed E-state index contributed by atoms with van der Waals surface area (Å²) in [5, 5.41) is 1.89. The number of benzene rings is 7. The van der Waals surface area contributed by atoms with Crippen LogP contribution in [0, 0.1) is 47.5 Å². The molecule has 0 aliphatic rings. The van der Waals surface area contributed by atoms with E-state index in [2.05, 4.69) is 18.5 Å². The average molecular weight is 1180 g/mol. The van der Waals surface area contributed by atoms with Crippen LogP contribution >= 0.6 is 0 Å². The van der Waals surface area contributed by atoms with E-state index in [0.29, 0.717) is 89.8 Å². The van der Waals surface area contributed by atoms with Crippen LogP contribution in [-0.2, 0) is 52.9 Å². The number of para-hydroxylation sites is 4. The normalized spacial score (nSPS) is 15.0. The molecule has 0 radical (unpaired) electrons. The molecule has 75 heavy (non-hydrogen) atoms. The van der Waals surface area contributed by atoms with E-state index >= 15 is 0 Å². The zero-order chi connectivity index (χ0) is 60.8. The Balaban J connectivity index is 0.00000865. The van der Waals surface area contributed by atoms with Gasteiger partial charge >= 0.3 is 0 Å². The maximum Gasteiger partial charge on any atom is 0.268 e. The van der Waals surface area contributed by atoms with Crippen molar-refractivity contribution in [3.05, 3.63) is 198 Å². The molecule has 0 saturated heterocycles. The third-order valence-electron chi connectivity index (χ3n) is 12.4. The maximum atomic E-state index is 9.39. The van der Waals surface area contributed by atoms with E-state index in [1.54, 1.807) is 24.4 Å². The van der Waals surface area contributed by atoms with Crippen LogP contribution in [0.1, 0.15) is 118 Å². The molecule has 0 amide bonds. The minimum atomic E-state index is -1.85. The van der Waals surface area contributed by atoms with Gasteiger partial charge in [0.1, 0.15) is 5.82 Å². The Hall–Kier alpha value is -6.55. The number of nitrogens with zero attached hydrogens (tertiary/aromatic N) is 4. The number of fused-ring (bicyclic) bond motifs is 4. The maximum absolute atomic E-state index is 9.39. The molecule has 0 saturated carbocycles. The van der Waals surface area contributed by atoms with Gasteiger partial charge in [0.05, 0.1) is 16.7 Å². The fourth-order valence-electron chi connectivity index (χ4n) is 9.86. The molecule has 7 aromatic carbocycles. The van der Waals surface area contributed by atoms with Gasteiger partial charge in [-0.1, -0.05) is 179 Å². The van der Waals surface area contributed by atoms with Crippen LogP contribution in [0.4, 0.5) is 0 Å². The molecule has 0 fully saturated rings. The number of hydrogen-bond acceptors (Lipinski definition) is 2. The molecule has 3 heterocycles. The van der Waals surface area contributed by atoms with Crippen molar-refractivity contribution in [2.45, 2.75) is 108 Å². The molecule has 0 aliphatic carbocycles. The van der Waals surface area contributed by atoms with Crippen LogP contribution in [0.3, 0.4) is 0 Å². The molecule has 3 aromatic heterocycles. The Morgan fingerprint density at radius 3 is 1.69 bits per heavy atom. The number of pyridine rings is 1. The number of ether oxygens (including phenoxy) is 1. The van der Waals surface area contributed by atoms with Crippen LogP contribution in [0.2, 0.25) is 0 Å². The van der Waals surface area contributed by atoms with E-state index < -0.39 is 61.0 Å². The molecule has 386 valence electrons. The van der Waals surface area contributed by atoms with Gasteiger partial charge in [0.15, 0.2) is 0 Å². The van der Waals surface area contributed by atoms with Crippen LogP contribution in [0.15, 0.2) is 152 Å². The van der Waals surface area contributed by atoms with Crippen molar-refractivity contribution in [2.24, 2.45) is 29.1 Å². The summed E-state index contributed by atoms with van der Waals surface area (Å²) in [5.41, 5.74) is 7.67. The SMILES string of the molecule is [2H]C([2H])(c1cc(-c2cccc(-c3cc(C([2H])([2H])C(C)C)cc(C([2H])([2H])C(C)C)c3)c2-[n+]2[c-]n(-c3[c-]c(Oc4[c-]c5c(cc4)c4ccccc4n5-c4cc(C([2H])([2H])C(C)(C)C)ccn4)ccc3)c3ccccc32)cc(C([2H])([2H])C(C)C)c1)C(C)C.[Pt]. The fourth-order valence-corrected chi connectivity index (χ4v) is 9.86. The van der Waals surface area contributed by atoms with Gasteiger partial charge in [-0.15, -0.1) is 29.7 Å². The van der Waals surface area contributed by atoms with Gasteiger partial charge in [-0.3, -0.25) is 4.57 Å². The molecule has 0 bridgehead atoms. The third kappa shape index (κ3) is 12.0. The molecule has 10 rings (SSSR count). The van der Waals surface area contributed by atoms with Gasteiger partial charge in [-0.2, -0.15) is 18.2 Å². The number of hydrogen-bond donors (Lipinski definition) is 0. The zero-order valence-corrected chi connectivity index (χ0v) is 47.0. The Morgan fingerprint density at radius 2 is 1.11 bits per heavy atom. The number of imidazole rings is 1. The summed E-state index contributed by atoms with van der Waals surface area (Å²) in [6, 6.07) is 52.1. The fraction of sp³-hybridized carbons (Fsp3) is 0.304. The van der Waals surface area contributed by atoms with E-state index in [-0.39, 0.29) is 21.1 Å². The summed E-state index contributed by atoms with van der Waals surface area (Å²) < 4.78 is 106. The van der Waals surface area contributed by atoms with E-state index in [9.17, 15) is 11.0 Å². The van der Waals surface area contributed by atoms with Gasteiger partial charge in [0, 0.05) is 58.0 Å². The van der Waals surface area contributed by atoms with Gasteiger partial charge in [0.25, 0.3) is 6.33 Å². The predicted octanol–water partition coefficient (Wildman–Crippen LogP) is 17.3. The topological polar surface area (TPSA) is 35.9 Å². The van der Waals surface area contributed by atoms with E-state index in [1.807, 2.05) is 217 Å². The number of aromatic nitrogens is 4. The van der Waals surface area contributed by atoms with Crippen LogP contribution < -0.4 is 9.30 Å². The Morgan fingerprint density at radius 1 is 0.560 bits per heavy atom. The Bertz CT molecular complexity index is 3950. The summed E-state index contributed by atoms with van der Waals surface area (Å²) in [6.07, 6.45) is -3.72. The largest absolute Gasteiger partial charge is 0.510 e. The summed E-state index contributed by atoms with van der Waals surface area (Å²) in [4.78, 5) is 4.77. The van der Waals surface area contributed by atoms with Crippen molar-refractivity contribution in [1.82, 2.24) is 14.1 Å². The molecule has 5 nitrogen and oxygen atoms in total. The summed E-state index contributed by atoms with van der Waals surface area (Å²) in [6.45, 7) is 20.2. The van der Waals surface area contributed by atoms with E-state index in [1.165, 1.54) is 0 Å². The smallest absolute Gasteiger partial charge is 0.268 e. The average Bonchev–Trinajstić information content (AvgIpc) is 1.92. The predicted molar refractivity (Wildman–Crippen MR) is 308 cm³/mol. The molecule has 0 unspecified atom stereocenters. The molecular weight excluding hydrogens is 1100 g/mol. The Kier molecular flexibility index (Phi) is 12.4. The minimum absolute atomic E-state index is 0. The molecule has 0 atom stereocenters. The quantitative estimate of drug-likeness (QED) is 0.0714. The van der Waals surface area contributed by atoms with Crippen LogP contribution in [0.5, 0.6) is 11.5 Å². The van der Waals surface area contributed by atoms with Gasteiger partial charge in [0.2, 0.25) is 0 Å². The first kappa shape index (κ1) is 41.7. The second-order valence-electron chi connectivity index (χ2n) is 21.5. The van der Waals surface area contributed by atoms with Crippen molar-refractivity contribution in [2.75, 3.05) is 0 Å². The summed E-state index contributed by atoms with van der Waals surface area (Å²) in [7, 11) is 0. The second-order valence-corrected chi connectivity index (χ2v) is 21.5. The molecule has 0 spiro atoms. The van der Waals surface area contributed by atoms with Crippen molar-refractivity contribution < 1.29 is 44.1 Å². The first-order valence-corrected chi connectivity index (χ1v) is 25.9. The number of rotatable bonds is 16. The van der Waals surface area contributed by atoms with Crippen molar-refractivity contribution in [3.8, 4) is 50.9 Å². The van der Waals surface area contributed by atoms with E-state index in [4.69, 9.17) is 12.5 Å². The second kappa shape index (κ2) is 22.3. The summed E-state index contributed by atoms with van der Waals surface area (Å²) in [5.74, 6) is -0.486. The third-order valence-corrected chi connectivity index (χ3v) is 12.4. The van der Waals surface area contributed by atoms with Crippen LogP contribution in [-0.4, -0.2) is 14.1 Å². The van der Waals surface area contributed by atoms with Crippen molar-refractivity contribution >= 4 is 32.8 Å². The van der Waals surface area contributed by atoms with Gasteiger partial charge in [-0.25, -0.2) is 4.98 Å². The molecule has 10 aromatic rings. The minimum Gasteiger partial charge on any atom is -0.510 e. The van der Waals surface area contributed by atoms with Crippen LogP contribution in [0.25, 0.3) is 72.3 Å². The molecular formula is C69H72N4OPt-2. The van der Waals surface area contributed by atoms with Crippen molar-refractivity contribution in [3.63, 3.8) is 0 Å². The molecule has 0 N–H and O–H groups in total. The Labute approximate surface area is 475 Å². The standard InChI is InChI=1S/C69H72N4O.Pt/c1-45(2)30-50-34-51(31-46(3)4)37-54(36-50)59-21-17-22-60(55-38-52(32-47(5)6)35-53(39-55)33-48(7)8)68(59)72-44-71(64-24-14-15-25-65(64)72)56-18-16-19-57(41-56)74-58-26-27-62-61-20-12-13-23-63(61)73(66(62)42-58)67-40-49(28-29-70-67)43-69(9,10)11;/h12-29,34-40,45-48H,30-33,43H2,1-11H3;/q-2;/i30D2,31D2,32D2,33D2,43D2;. The van der Waals surface area contributed by atoms with E-state index in [0.717, 1.165) is 21.8 Å². The zero-order valence-electron chi connectivity index (χ0n) is 54.8. The first-order chi connectivity index (χ1) is 39.3. The monoisotopic (exact) mass is 1180 g/mol. The van der Waals surface area contributed by atoms with Gasteiger partial charge in [-0.05, 0) is 140 Å².